The van der Waals surface area contributed by atoms with Gasteiger partial charge in [0.25, 0.3) is 0 Å². The molecule has 146 valence electrons. The number of fused-ring (bicyclic) bond motifs is 1. The molecule has 0 aliphatic carbocycles. The van der Waals surface area contributed by atoms with Gasteiger partial charge in [-0.2, -0.15) is 5.26 Å². The number of hydrogen-bond acceptors (Lipinski definition) is 6. The predicted octanol–water partition coefficient (Wildman–Crippen LogP) is 3.97. The lowest BCUT2D eigenvalue weighted by molar-refractivity contribution is 0.373. The summed E-state index contributed by atoms with van der Waals surface area (Å²) in [5.74, 6) is 0.889. The largest absolute Gasteiger partial charge is 0.497 e. The number of nitriles is 1. The van der Waals surface area contributed by atoms with Gasteiger partial charge in [-0.1, -0.05) is 29.8 Å². The van der Waals surface area contributed by atoms with E-state index in [2.05, 4.69) is 16.3 Å². The van der Waals surface area contributed by atoms with E-state index in [1.54, 1.807) is 32.4 Å². The van der Waals surface area contributed by atoms with E-state index in [1.807, 2.05) is 24.3 Å². The summed E-state index contributed by atoms with van der Waals surface area (Å²) < 4.78 is 16.6. The summed E-state index contributed by atoms with van der Waals surface area (Å²) in [6.07, 6.45) is 0. The number of rotatable bonds is 4. The molecule has 0 saturated heterocycles. The maximum Gasteiger partial charge on any atom is 0.244 e. The smallest absolute Gasteiger partial charge is 0.244 e. The summed E-state index contributed by atoms with van der Waals surface area (Å²) in [7, 11) is 3.14. The number of halogens is 1. The Morgan fingerprint density at radius 3 is 2.69 bits per heavy atom. The molecule has 0 spiro atoms. The Bertz CT molecular complexity index is 1160. The van der Waals surface area contributed by atoms with Crippen LogP contribution in [0.3, 0.4) is 0 Å². The molecule has 2 aromatic carbocycles. The Balaban J connectivity index is 2.02. The van der Waals surface area contributed by atoms with Gasteiger partial charge >= 0.3 is 0 Å². The third-order valence-corrected chi connectivity index (χ3v) is 5.16. The zero-order chi connectivity index (χ0) is 20.5. The van der Waals surface area contributed by atoms with Gasteiger partial charge in [-0.15, -0.1) is 5.10 Å². The molecule has 7 nitrogen and oxygen atoms in total. The molecule has 1 aromatic heterocycles. The Morgan fingerprint density at radius 2 is 2.00 bits per heavy atom. The van der Waals surface area contributed by atoms with Crippen molar-refractivity contribution in [3.63, 3.8) is 0 Å². The molecule has 0 saturated carbocycles. The second-order valence-electron chi connectivity index (χ2n) is 6.33. The number of nitrogens with zero attached hydrogens (tertiary/aromatic N) is 2. The summed E-state index contributed by atoms with van der Waals surface area (Å²) >= 11 is 6.42. The Hall–Kier alpha value is -3.63. The van der Waals surface area contributed by atoms with Gasteiger partial charge in [0.15, 0.2) is 0 Å². The van der Waals surface area contributed by atoms with E-state index in [-0.39, 0.29) is 17.3 Å². The maximum atomic E-state index is 9.87. The lowest BCUT2D eigenvalue weighted by Gasteiger charge is -2.25. The Kier molecular flexibility index (Phi) is 4.79. The molecule has 1 aliphatic heterocycles. The summed E-state index contributed by atoms with van der Waals surface area (Å²) in [6, 6.07) is 14.9. The maximum absolute atomic E-state index is 9.87. The van der Waals surface area contributed by atoms with Crippen LogP contribution in [-0.2, 0) is 0 Å². The van der Waals surface area contributed by atoms with Crippen LogP contribution in [0.5, 0.6) is 17.4 Å². The van der Waals surface area contributed by atoms with Crippen LogP contribution in [0.4, 0.5) is 0 Å². The third kappa shape index (κ3) is 3.04. The van der Waals surface area contributed by atoms with Crippen molar-refractivity contribution in [1.29, 1.82) is 5.26 Å². The summed E-state index contributed by atoms with van der Waals surface area (Å²) in [4.78, 5) is 0. The second-order valence-corrected chi connectivity index (χ2v) is 6.74. The SMILES string of the molecule is COc1ccc(OC)c([C@H]2C(C#N)=C(N)Oc3n[nH]c(-c4ccccc4Cl)c32)c1. The van der Waals surface area contributed by atoms with Gasteiger partial charge < -0.3 is 19.9 Å². The molecule has 1 atom stereocenters. The lowest BCUT2D eigenvalue weighted by atomic mass is 9.82. The molecular weight excluding hydrogens is 392 g/mol. The van der Waals surface area contributed by atoms with Crippen molar-refractivity contribution in [3.8, 4) is 34.7 Å². The van der Waals surface area contributed by atoms with E-state index >= 15 is 0 Å². The number of hydrogen-bond donors (Lipinski definition) is 2. The molecule has 29 heavy (non-hydrogen) atoms. The van der Waals surface area contributed by atoms with Crippen molar-refractivity contribution in [2.24, 2.45) is 5.73 Å². The molecule has 1 aliphatic rings. The third-order valence-electron chi connectivity index (χ3n) is 4.83. The van der Waals surface area contributed by atoms with Crippen LogP contribution in [0.1, 0.15) is 17.0 Å². The number of nitrogens with one attached hydrogen (secondary N) is 1. The van der Waals surface area contributed by atoms with Crippen molar-refractivity contribution in [2.45, 2.75) is 5.92 Å². The van der Waals surface area contributed by atoms with Gasteiger partial charge in [-0.25, -0.2) is 0 Å². The topological polar surface area (TPSA) is 106 Å². The Morgan fingerprint density at radius 1 is 1.21 bits per heavy atom. The average molecular weight is 409 g/mol. The van der Waals surface area contributed by atoms with Crippen molar-refractivity contribution in [3.05, 3.63) is 70.1 Å². The molecule has 3 N–H and O–H groups in total. The molecule has 8 heteroatoms. The van der Waals surface area contributed by atoms with Gasteiger partial charge in [-0.05, 0) is 24.3 Å². The van der Waals surface area contributed by atoms with E-state index in [1.165, 1.54) is 0 Å². The molecule has 3 aromatic rings. The monoisotopic (exact) mass is 408 g/mol. The van der Waals surface area contributed by atoms with E-state index in [4.69, 9.17) is 31.5 Å². The van der Waals surface area contributed by atoms with Crippen LogP contribution >= 0.6 is 11.6 Å². The standard InChI is InChI=1S/C21H17ClN4O3/c1-27-11-7-8-16(28-2)13(9-11)17-14(10-23)20(24)29-21-18(17)19(25-26-21)12-5-3-4-6-15(12)22/h3-9,17H,24H2,1-2H3,(H,25,26)/t17-/m0/s1. The van der Waals surface area contributed by atoms with Crippen LogP contribution in [-0.4, -0.2) is 24.4 Å². The van der Waals surface area contributed by atoms with E-state index in [9.17, 15) is 5.26 Å². The molecule has 2 heterocycles. The molecule has 0 fully saturated rings. The van der Waals surface area contributed by atoms with Crippen molar-refractivity contribution >= 4 is 11.6 Å². The predicted molar refractivity (Wildman–Crippen MR) is 108 cm³/mol. The van der Waals surface area contributed by atoms with Gasteiger partial charge in [0, 0.05) is 16.1 Å². The molecular formula is C21H17ClN4O3. The first kappa shape index (κ1) is 18.7. The number of methoxy groups -OCH3 is 2. The fraction of sp³-hybridized carbons (Fsp3) is 0.143. The number of ether oxygens (including phenoxy) is 3. The summed E-state index contributed by atoms with van der Waals surface area (Å²) in [6.45, 7) is 0. The van der Waals surface area contributed by atoms with E-state index < -0.39 is 5.92 Å². The number of allylic oxidation sites excluding steroid dienone is 1. The number of aromatic amines is 1. The number of aromatic nitrogens is 2. The highest BCUT2D eigenvalue weighted by Crippen LogP contribution is 2.49. The van der Waals surface area contributed by atoms with E-state index in [0.29, 0.717) is 33.3 Å². The lowest BCUT2D eigenvalue weighted by Crippen LogP contribution is -2.21. The highest BCUT2D eigenvalue weighted by atomic mass is 35.5. The quantitative estimate of drug-likeness (QED) is 0.676. The molecule has 0 amide bonds. The summed E-state index contributed by atoms with van der Waals surface area (Å²) in [5.41, 5.74) is 9.02. The second kappa shape index (κ2) is 7.41. The van der Waals surface area contributed by atoms with Crippen molar-refractivity contribution in [1.82, 2.24) is 10.2 Å². The van der Waals surface area contributed by atoms with Crippen LogP contribution in [0.15, 0.2) is 53.9 Å². The molecule has 4 rings (SSSR count). The van der Waals surface area contributed by atoms with E-state index in [0.717, 1.165) is 5.56 Å². The number of nitrogens with two attached hydrogens (primary N) is 1. The minimum atomic E-state index is -0.584. The fourth-order valence-electron chi connectivity index (χ4n) is 3.49. The zero-order valence-corrected chi connectivity index (χ0v) is 16.4. The van der Waals surface area contributed by atoms with Crippen LogP contribution in [0.2, 0.25) is 5.02 Å². The molecule has 0 unspecified atom stereocenters. The van der Waals surface area contributed by atoms with Crippen molar-refractivity contribution in [2.75, 3.05) is 14.2 Å². The van der Waals surface area contributed by atoms with Gasteiger partial charge in [-0.3, -0.25) is 5.10 Å². The minimum absolute atomic E-state index is 0.00733. The van der Waals surface area contributed by atoms with Crippen LogP contribution in [0.25, 0.3) is 11.3 Å². The highest BCUT2D eigenvalue weighted by Gasteiger charge is 2.37. The number of benzene rings is 2. The van der Waals surface area contributed by atoms with Crippen LogP contribution < -0.4 is 19.9 Å². The highest BCUT2D eigenvalue weighted by molar-refractivity contribution is 6.33. The van der Waals surface area contributed by atoms with Gasteiger partial charge in [0.2, 0.25) is 11.8 Å². The fourth-order valence-corrected chi connectivity index (χ4v) is 3.72. The zero-order valence-electron chi connectivity index (χ0n) is 15.7. The van der Waals surface area contributed by atoms with Crippen molar-refractivity contribution < 1.29 is 14.2 Å². The average Bonchev–Trinajstić information content (AvgIpc) is 3.15. The minimum Gasteiger partial charge on any atom is -0.497 e. The normalized spacial score (nSPS) is 15.3. The molecule has 0 bridgehead atoms. The van der Waals surface area contributed by atoms with Gasteiger partial charge in [0.1, 0.15) is 23.1 Å². The first-order valence-electron chi connectivity index (χ1n) is 8.71. The van der Waals surface area contributed by atoms with Crippen LogP contribution in [0, 0.1) is 11.3 Å². The number of H-pyrrole nitrogens is 1. The molecule has 0 radical (unpaired) electrons. The summed E-state index contributed by atoms with van der Waals surface area (Å²) in [5, 5.41) is 17.7. The first-order valence-corrected chi connectivity index (χ1v) is 9.09. The Labute approximate surface area is 172 Å². The first-order chi connectivity index (χ1) is 14.1. The van der Waals surface area contributed by atoms with Gasteiger partial charge in [0.05, 0.1) is 31.4 Å².